The molecule has 1 saturated heterocycles. The summed E-state index contributed by atoms with van der Waals surface area (Å²) in [5.74, 6) is 1.22. The minimum Gasteiger partial charge on any atom is -0.493 e. The van der Waals surface area contributed by atoms with Crippen LogP contribution >= 0.6 is 0 Å². The predicted octanol–water partition coefficient (Wildman–Crippen LogP) is 0.861. The summed E-state index contributed by atoms with van der Waals surface area (Å²) in [6, 6.07) is 3.42. The summed E-state index contributed by atoms with van der Waals surface area (Å²) in [5, 5.41) is 2.89. The van der Waals surface area contributed by atoms with E-state index in [-0.39, 0.29) is 11.9 Å². The first kappa shape index (κ1) is 12.1. The van der Waals surface area contributed by atoms with Crippen molar-refractivity contribution < 1.29 is 19.0 Å². The number of ether oxygens (including phenoxy) is 3. The van der Waals surface area contributed by atoms with Gasteiger partial charge in [0.1, 0.15) is 6.04 Å². The number of carbonyl (C=O) groups is 1. The Kier molecular flexibility index (Phi) is 2.94. The fraction of sp³-hybridized carbons (Fsp3) is 0.462. The monoisotopic (exact) mass is 264 g/mol. The summed E-state index contributed by atoms with van der Waals surface area (Å²) in [7, 11) is 3.18. The molecular formula is C13H16N2O4. The zero-order valence-electron chi connectivity index (χ0n) is 10.9. The van der Waals surface area contributed by atoms with Crippen LogP contribution in [0.15, 0.2) is 12.1 Å². The Bertz CT molecular complexity index is 518. The van der Waals surface area contributed by atoms with Crippen molar-refractivity contribution in [1.29, 1.82) is 0 Å². The number of hydrogen-bond donors (Lipinski definition) is 1. The standard InChI is InChI=1S/C13H16N2O4/c1-17-11-5-8-9(6-12(11)18-2)15-3-4-19-7-10(15)13(16)14-8/h5-6,10H,3-4,7H2,1-2H3,(H,14,16). The molecule has 1 aromatic carbocycles. The first-order valence-electron chi connectivity index (χ1n) is 6.16. The molecule has 2 heterocycles. The van der Waals surface area contributed by atoms with E-state index in [1.165, 1.54) is 0 Å². The van der Waals surface area contributed by atoms with E-state index in [4.69, 9.17) is 14.2 Å². The smallest absolute Gasteiger partial charge is 0.249 e. The van der Waals surface area contributed by atoms with Gasteiger partial charge in [0, 0.05) is 18.7 Å². The Labute approximate surface area is 111 Å². The Balaban J connectivity index is 2.08. The van der Waals surface area contributed by atoms with Crippen LogP contribution < -0.4 is 19.7 Å². The SMILES string of the molecule is COc1cc2c(cc1OC)N1CCOCC1C(=O)N2. The van der Waals surface area contributed by atoms with Gasteiger partial charge < -0.3 is 24.4 Å². The zero-order chi connectivity index (χ0) is 13.4. The predicted molar refractivity (Wildman–Crippen MR) is 70.1 cm³/mol. The molecule has 1 atom stereocenters. The third-order valence-corrected chi connectivity index (χ3v) is 3.50. The van der Waals surface area contributed by atoms with Gasteiger partial charge in [-0.25, -0.2) is 0 Å². The molecule has 0 saturated carbocycles. The third kappa shape index (κ3) is 1.88. The summed E-state index contributed by atoms with van der Waals surface area (Å²) in [6.45, 7) is 1.73. The van der Waals surface area contributed by atoms with Crippen molar-refractivity contribution in [2.45, 2.75) is 6.04 Å². The number of amides is 1. The number of fused-ring (bicyclic) bond motifs is 3. The normalized spacial score (nSPS) is 21.3. The molecule has 0 bridgehead atoms. The van der Waals surface area contributed by atoms with Crippen molar-refractivity contribution in [2.75, 3.05) is 44.2 Å². The van der Waals surface area contributed by atoms with Gasteiger partial charge in [-0.1, -0.05) is 0 Å². The number of morpholine rings is 1. The van der Waals surface area contributed by atoms with Crippen molar-refractivity contribution in [1.82, 2.24) is 0 Å². The van der Waals surface area contributed by atoms with Crippen LogP contribution in [0, 0.1) is 0 Å². The molecule has 1 amide bonds. The van der Waals surface area contributed by atoms with Gasteiger partial charge in [-0.2, -0.15) is 0 Å². The average Bonchev–Trinajstić information content (AvgIpc) is 2.46. The van der Waals surface area contributed by atoms with E-state index < -0.39 is 0 Å². The van der Waals surface area contributed by atoms with E-state index in [0.717, 1.165) is 11.4 Å². The fourth-order valence-corrected chi connectivity index (χ4v) is 2.53. The van der Waals surface area contributed by atoms with Crippen molar-refractivity contribution in [3.63, 3.8) is 0 Å². The van der Waals surface area contributed by atoms with E-state index in [2.05, 4.69) is 10.2 Å². The largest absolute Gasteiger partial charge is 0.493 e. The Morgan fingerprint density at radius 1 is 1.32 bits per heavy atom. The number of benzene rings is 1. The van der Waals surface area contributed by atoms with Crippen LogP contribution in [-0.4, -0.2) is 45.9 Å². The first-order chi connectivity index (χ1) is 9.24. The van der Waals surface area contributed by atoms with Crippen LogP contribution in [0.3, 0.4) is 0 Å². The number of methoxy groups -OCH3 is 2. The van der Waals surface area contributed by atoms with E-state index in [0.29, 0.717) is 31.3 Å². The molecule has 0 aliphatic carbocycles. The quantitative estimate of drug-likeness (QED) is 0.858. The van der Waals surface area contributed by atoms with Gasteiger partial charge in [0.05, 0.1) is 38.8 Å². The third-order valence-electron chi connectivity index (χ3n) is 3.50. The van der Waals surface area contributed by atoms with Crippen LogP contribution in [0.25, 0.3) is 0 Å². The molecule has 1 unspecified atom stereocenters. The fourth-order valence-electron chi connectivity index (χ4n) is 2.53. The molecule has 3 rings (SSSR count). The highest BCUT2D eigenvalue weighted by molar-refractivity contribution is 6.04. The number of nitrogens with one attached hydrogen (secondary N) is 1. The van der Waals surface area contributed by atoms with Crippen molar-refractivity contribution >= 4 is 17.3 Å². The van der Waals surface area contributed by atoms with Crippen LogP contribution in [-0.2, 0) is 9.53 Å². The summed E-state index contributed by atoms with van der Waals surface area (Å²) < 4.78 is 15.9. The highest BCUT2D eigenvalue weighted by Gasteiger charge is 2.36. The van der Waals surface area contributed by atoms with Gasteiger partial charge in [-0.05, 0) is 0 Å². The van der Waals surface area contributed by atoms with Gasteiger partial charge in [-0.3, -0.25) is 4.79 Å². The Morgan fingerprint density at radius 3 is 2.79 bits per heavy atom. The maximum Gasteiger partial charge on any atom is 0.249 e. The lowest BCUT2D eigenvalue weighted by Gasteiger charge is -2.40. The van der Waals surface area contributed by atoms with Crippen molar-refractivity contribution in [3.05, 3.63) is 12.1 Å². The number of carbonyl (C=O) groups excluding carboxylic acids is 1. The summed E-state index contributed by atoms with van der Waals surface area (Å²) >= 11 is 0. The molecule has 6 heteroatoms. The topological polar surface area (TPSA) is 60.0 Å². The minimum absolute atomic E-state index is 0.0422. The minimum atomic E-state index is -0.264. The molecule has 0 spiro atoms. The molecule has 2 aliphatic heterocycles. The van der Waals surface area contributed by atoms with Crippen LogP contribution in [0.1, 0.15) is 0 Å². The van der Waals surface area contributed by atoms with Gasteiger partial charge in [0.15, 0.2) is 11.5 Å². The molecule has 102 valence electrons. The lowest BCUT2D eigenvalue weighted by molar-refractivity contribution is -0.119. The molecule has 1 aromatic rings. The van der Waals surface area contributed by atoms with Gasteiger partial charge in [-0.15, -0.1) is 0 Å². The van der Waals surface area contributed by atoms with Crippen LogP contribution in [0.5, 0.6) is 11.5 Å². The maximum atomic E-state index is 12.0. The van der Waals surface area contributed by atoms with Crippen LogP contribution in [0.2, 0.25) is 0 Å². The number of rotatable bonds is 2. The van der Waals surface area contributed by atoms with Crippen LogP contribution in [0.4, 0.5) is 11.4 Å². The summed E-state index contributed by atoms with van der Waals surface area (Å²) in [6.07, 6.45) is 0. The number of nitrogens with zero attached hydrogens (tertiary/aromatic N) is 1. The van der Waals surface area contributed by atoms with E-state index in [1.54, 1.807) is 20.3 Å². The molecule has 19 heavy (non-hydrogen) atoms. The molecule has 6 nitrogen and oxygen atoms in total. The van der Waals surface area contributed by atoms with E-state index >= 15 is 0 Å². The molecule has 0 aromatic heterocycles. The molecule has 1 fully saturated rings. The van der Waals surface area contributed by atoms with Gasteiger partial charge >= 0.3 is 0 Å². The Hall–Kier alpha value is -1.95. The second-order valence-corrected chi connectivity index (χ2v) is 4.50. The lowest BCUT2D eigenvalue weighted by Crippen LogP contribution is -2.54. The summed E-state index contributed by atoms with van der Waals surface area (Å²) in [5.41, 5.74) is 1.70. The first-order valence-corrected chi connectivity index (χ1v) is 6.16. The second-order valence-electron chi connectivity index (χ2n) is 4.50. The molecule has 0 radical (unpaired) electrons. The molecular weight excluding hydrogens is 248 g/mol. The van der Waals surface area contributed by atoms with E-state index in [1.807, 2.05) is 6.07 Å². The highest BCUT2D eigenvalue weighted by Crippen LogP contribution is 2.41. The van der Waals surface area contributed by atoms with Gasteiger partial charge in [0.2, 0.25) is 5.91 Å². The summed E-state index contributed by atoms with van der Waals surface area (Å²) in [4.78, 5) is 14.1. The van der Waals surface area contributed by atoms with Gasteiger partial charge in [0.25, 0.3) is 0 Å². The zero-order valence-corrected chi connectivity index (χ0v) is 10.9. The Morgan fingerprint density at radius 2 is 2.05 bits per heavy atom. The van der Waals surface area contributed by atoms with E-state index in [9.17, 15) is 4.79 Å². The number of anilines is 2. The lowest BCUT2D eigenvalue weighted by atomic mass is 10.1. The highest BCUT2D eigenvalue weighted by atomic mass is 16.5. The molecule has 2 aliphatic rings. The maximum absolute atomic E-state index is 12.0. The average molecular weight is 264 g/mol. The van der Waals surface area contributed by atoms with Crippen molar-refractivity contribution in [3.8, 4) is 11.5 Å². The number of hydrogen-bond acceptors (Lipinski definition) is 5. The van der Waals surface area contributed by atoms with Crippen molar-refractivity contribution in [2.24, 2.45) is 0 Å². The second kappa shape index (κ2) is 4.62. The molecule has 1 N–H and O–H groups in total.